The zero-order chi connectivity index (χ0) is 14.9. The van der Waals surface area contributed by atoms with Crippen LogP contribution in [0.3, 0.4) is 0 Å². The summed E-state index contributed by atoms with van der Waals surface area (Å²) in [7, 11) is 1.33. The first kappa shape index (κ1) is 15.1. The maximum atomic E-state index is 12.0. The minimum atomic E-state index is -0.420. The molecule has 3 nitrogen and oxygen atoms in total. The van der Waals surface area contributed by atoms with Gasteiger partial charge in [-0.05, 0) is 18.6 Å². The van der Waals surface area contributed by atoms with Crippen molar-refractivity contribution < 1.29 is 14.3 Å². The fourth-order valence-electron chi connectivity index (χ4n) is 2.57. The van der Waals surface area contributed by atoms with Crippen molar-refractivity contribution in [3.05, 3.63) is 45.0 Å². The van der Waals surface area contributed by atoms with E-state index < -0.39 is 11.9 Å². The van der Waals surface area contributed by atoms with E-state index in [0.29, 0.717) is 21.2 Å². The van der Waals surface area contributed by atoms with E-state index in [0.717, 1.165) is 5.57 Å². The Hall–Kier alpha value is -1.32. The van der Waals surface area contributed by atoms with E-state index in [1.165, 1.54) is 7.11 Å². The van der Waals surface area contributed by atoms with Gasteiger partial charge < -0.3 is 4.74 Å². The third kappa shape index (κ3) is 2.74. The second-order valence-electron chi connectivity index (χ2n) is 4.80. The number of ketones is 1. The molecule has 0 heterocycles. The van der Waals surface area contributed by atoms with Gasteiger partial charge >= 0.3 is 5.97 Å². The highest BCUT2D eigenvalue weighted by molar-refractivity contribution is 6.42. The Balaban J connectivity index is 2.57. The molecular formula is C15H14Cl2O3. The van der Waals surface area contributed by atoms with Crippen LogP contribution < -0.4 is 0 Å². The third-order valence-corrected chi connectivity index (χ3v) is 4.30. The lowest BCUT2D eigenvalue weighted by molar-refractivity contribution is -0.136. The van der Waals surface area contributed by atoms with E-state index in [1.807, 2.05) is 0 Å². The van der Waals surface area contributed by atoms with Crippen LogP contribution in [-0.2, 0) is 14.3 Å². The van der Waals surface area contributed by atoms with Crippen LogP contribution in [0.15, 0.2) is 29.3 Å². The first-order valence-corrected chi connectivity index (χ1v) is 6.94. The van der Waals surface area contributed by atoms with Crippen LogP contribution in [0.25, 0.3) is 0 Å². The molecule has 1 aromatic carbocycles. The van der Waals surface area contributed by atoms with Crippen LogP contribution in [0.5, 0.6) is 0 Å². The van der Waals surface area contributed by atoms with Gasteiger partial charge in [0.25, 0.3) is 0 Å². The summed E-state index contributed by atoms with van der Waals surface area (Å²) in [5.74, 6) is -0.734. The molecule has 0 amide bonds. The molecule has 5 heteroatoms. The number of hydrogen-bond acceptors (Lipinski definition) is 3. The molecule has 1 aliphatic rings. The smallest absolute Gasteiger partial charge is 0.334 e. The van der Waals surface area contributed by atoms with E-state index in [2.05, 4.69) is 0 Å². The monoisotopic (exact) mass is 312 g/mol. The molecule has 1 atom stereocenters. The van der Waals surface area contributed by atoms with Crippen molar-refractivity contribution in [1.29, 1.82) is 0 Å². The summed E-state index contributed by atoms with van der Waals surface area (Å²) < 4.78 is 4.83. The Labute approximate surface area is 127 Å². The molecule has 20 heavy (non-hydrogen) atoms. The van der Waals surface area contributed by atoms with Gasteiger partial charge in [0.05, 0.1) is 17.2 Å². The van der Waals surface area contributed by atoms with Crippen LogP contribution in [0.2, 0.25) is 10.0 Å². The third-order valence-electron chi connectivity index (χ3n) is 3.46. The zero-order valence-corrected chi connectivity index (χ0v) is 12.7. The van der Waals surface area contributed by atoms with E-state index in [9.17, 15) is 9.59 Å². The summed E-state index contributed by atoms with van der Waals surface area (Å²) in [6, 6.07) is 5.22. The van der Waals surface area contributed by atoms with Crippen molar-refractivity contribution in [2.45, 2.75) is 25.7 Å². The Morgan fingerprint density at radius 1 is 1.35 bits per heavy atom. The van der Waals surface area contributed by atoms with Crippen LogP contribution >= 0.6 is 23.2 Å². The number of methoxy groups -OCH3 is 1. The molecule has 1 aromatic rings. The molecule has 0 saturated carbocycles. The van der Waals surface area contributed by atoms with Gasteiger partial charge in [-0.25, -0.2) is 4.79 Å². The van der Waals surface area contributed by atoms with Crippen LogP contribution in [0.4, 0.5) is 0 Å². The Kier molecular flexibility index (Phi) is 4.51. The van der Waals surface area contributed by atoms with Crippen LogP contribution in [0.1, 0.15) is 31.2 Å². The fraction of sp³-hybridized carbons (Fsp3) is 0.333. The highest BCUT2D eigenvalue weighted by atomic mass is 35.5. The number of esters is 1. The van der Waals surface area contributed by atoms with Gasteiger partial charge in [0.1, 0.15) is 5.78 Å². The van der Waals surface area contributed by atoms with Gasteiger partial charge in [-0.3, -0.25) is 4.79 Å². The Morgan fingerprint density at radius 3 is 2.70 bits per heavy atom. The molecule has 0 radical (unpaired) electrons. The molecular weight excluding hydrogens is 299 g/mol. The average Bonchev–Trinajstić information content (AvgIpc) is 2.40. The summed E-state index contributed by atoms with van der Waals surface area (Å²) in [4.78, 5) is 23.8. The highest BCUT2D eigenvalue weighted by Gasteiger charge is 2.33. The van der Waals surface area contributed by atoms with E-state index in [4.69, 9.17) is 27.9 Å². The molecule has 1 unspecified atom stereocenters. The van der Waals surface area contributed by atoms with Gasteiger partial charge in [0.2, 0.25) is 0 Å². The lowest BCUT2D eigenvalue weighted by atomic mass is 9.78. The van der Waals surface area contributed by atoms with Gasteiger partial charge in [-0.1, -0.05) is 40.9 Å². The summed E-state index contributed by atoms with van der Waals surface area (Å²) in [6.45, 7) is 1.77. The summed E-state index contributed by atoms with van der Waals surface area (Å²) >= 11 is 12.2. The number of carbonyl (C=O) groups is 2. The number of ether oxygens (including phenoxy) is 1. The molecule has 0 aliphatic heterocycles. The minimum Gasteiger partial charge on any atom is -0.466 e. The second-order valence-corrected chi connectivity index (χ2v) is 5.59. The summed E-state index contributed by atoms with van der Waals surface area (Å²) in [5, 5.41) is 0.784. The second kappa shape index (κ2) is 5.98. The molecule has 0 aromatic heterocycles. The van der Waals surface area contributed by atoms with Crippen molar-refractivity contribution in [2.75, 3.05) is 7.11 Å². The van der Waals surface area contributed by atoms with Crippen LogP contribution in [0, 0.1) is 0 Å². The standard InChI is InChI=1S/C15H14Cl2O3/c1-8-6-9(18)7-11(13(8)15(19)20-2)10-4-3-5-12(16)14(10)17/h3-5,11H,6-7H2,1-2H3. The van der Waals surface area contributed by atoms with E-state index in [1.54, 1.807) is 25.1 Å². The molecule has 0 bridgehead atoms. The van der Waals surface area contributed by atoms with Crippen molar-refractivity contribution in [3.8, 4) is 0 Å². The SMILES string of the molecule is COC(=O)C1=C(C)CC(=O)CC1c1cccc(Cl)c1Cl. The quantitative estimate of drug-likeness (QED) is 0.777. The summed E-state index contributed by atoms with van der Waals surface area (Å²) in [5.41, 5.74) is 1.93. The normalized spacial score (nSPS) is 19.2. The molecule has 0 spiro atoms. The van der Waals surface area contributed by atoms with Gasteiger partial charge in [-0.15, -0.1) is 0 Å². The molecule has 106 valence electrons. The van der Waals surface area contributed by atoms with Crippen molar-refractivity contribution in [3.63, 3.8) is 0 Å². The minimum absolute atomic E-state index is 0.0798. The zero-order valence-electron chi connectivity index (χ0n) is 11.2. The molecule has 2 rings (SSSR count). The van der Waals surface area contributed by atoms with Gasteiger partial charge in [0, 0.05) is 24.3 Å². The molecule has 0 saturated heterocycles. The van der Waals surface area contributed by atoms with Crippen molar-refractivity contribution >= 4 is 35.0 Å². The lowest BCUT2D eigenvalue weighted by Gasteiger charge is -2.26. The van der Waals surface area contributed by atoms with Gasteiger partial charge in [0.15, 0.2) is 0 Å². The van der Waals surface area contributed by atoms with Gasteiger partial charge in [-0.2, -0.15) is 0 Å². The fourth-order valence-corrected chi connectivity index (χ4v) is 3.01. The van der Waals surface area contributed by atoms with E-state index in [-0.39, 0.29) is 18.6 Å². The molecule has 1 aliphatic carbocycles. The number of allylic oxidation sites excluding steroid dienone is 1. The lowest BCUT2D eigenvalue weighted by Crippen LogP contribution is -2.23. The average molecular weight is 313 g/mol. The predicted octanol–water partition coefficient (Wildman–Crippen LogP) is 3.93. The number of carbonyl (C=O) groups excluding carboxylic acids is 2. The Morgan fingerprint density at radius 2 is 2.05 bits per heavy atom. The number of hydrogen-bond donors (Lipinski definition) is 0. The first-order valence-electron chi connectivity index (χ1n) is 6.19. The predicted molar refractivity (Wildman–Crippen MR) is 78.2 cm³/mol. The maximum absolute atomic E-state index is 12.0. The van der Waals surface area contributed by atoms with Crippen molar-refractivity contribution in [1.82, 2.24) is 0 Å². The number of Topliss-reactive ketones (excluding diaryl/α,β-unsaturated/α-hetero) is 1. The van der Waals surface area contributed by atoms with E-state index >= 15 is 0 Å². The molecule has 0 N–H and O–H groups in total. The first-order chi connectivity index (χ1) is 9.45. The summed E-state index contributed by atoms with van der Waals surface area (Å²) in [6.07, 6.45) is 0.515. The van der Waals surface area contributed by atoms with Crippen molar-refractivity contribution in [2.24, 2.45) is 0 Å². The highest BCUT2D eigenvalue weighted by Crippen LogP contribution is 2.41. The Bertz CT molecular complexity index is 605. The number of halogens is 2. The number of benzene rings is 1. The molecule has 0 fully saturated rings. The van der Waals surface area contributed by atoms with Crippen LogP contribution in [-0.4, -0.2) is 18.9 Å². The maximum Gasteiger partial charge on any atom is 0.334 e. The largest absolute Gasteiger partial charge is 0.466 e. The number of rotatable bonds is 2. The topological polar surface area (TPSA) is 43.4 Å².